The summed E-state index contributed by atoms with van der Waals surface area (Å²) in [5.41, 5.74) is 8.24. The number of benzene rings is 1. The molecule has 1 amide bonds. The Labute approximate surface area is 128 Å². The number of carbonyl (C=O) groups excluding carboxylic acids is 1. The van der Waals surface area contributed by atoms with Crippen LogP contribution in [0.5, 0.6) is 0 Å². The van der Waals surface area contributed by atoms with Crippen molar-refractivity contribution in [1.82, 2.24) is 9.80 Å². The van der Waals surface area contributed by atoms with Gasteiger partial charge in [-0.2, -0.15) is 0 Å². The number of nitrogens with zero attached hydrogens (tertiary/aromatic N) is 2. The van der Waals surface area contributed by atoms with Gasteiger partial charge in [-0.05, 0) is 64.8 Å². The molecular weight excluding hydrogens is 264 g/mol. The Hall–Kier alpha value is -1.59. The van der Waals surface area contributed by atoms with Gasteiger partial charge in [-0.25, -0.2) is 0 Å². The molecule has 0 aliphatic carbocycles. The van der Waals surface area contributed by atoms with E-state index in [1.54, 1.807) is 6.07 Å². The molecule has 0 saturated heterocycles. The number of nitrogen functional groups attached to an aromatic ring is 1. The third kappa shape index (κ3) is 6.60. The van der Waals surface area contributed by atoms with Gasteiger partial charge in [0.05, 0.1) is 6.54 Å². The van der Waals surface area contributed by atoms with Gasteiger partial charge in [-0.3, -0.25) is 9.69 Å². The van der Waals surface area contributed by atoms with Gasteiger partial charge in [0.15, 0.2) is 0 Å². The van der Waals surface area contributed by atoms with Gasteiger partial charge in [0, 0.05) is 11.4 Å². The molecule has 0 aliphatic rings. The first-order chi connectivity index (χ1) is 9.92. The zero-order chi connectivity index (χ0) is 15.8. The highest BCUT2D eigenvalue weighted by Gasteiger charge is 2.10. The van der Waals surface area contributed by atoms with Crippen molar-refractivity contribution in [2.45, 2.75) is 20.3 Å². The van der Waals surface area contributed by atoms with E-state index in [-0.39, 0.29) is 5.91 Å². The smallest absolute Gasteiger partial charge is 0.238 e. The van der Waals surface area contributed by atoms with Crippen molar-refractivity contribution in [2.75, 3.05) is 51.3 Å². The Kier molecular flexibility index (Phi) is 7.19. The highest BCUT2D eigenvalue weighted by molar-refractivity contribution is 5.93. The Morgan fingerprint density at radius 1 is 1.29 bits per heavy atom. The third-order valence-electron chi connectivity index (χ3n) is 3.43. The topological polar surface area (TPSA) is 61.6 Å². The van der Waals surface area contributed by atoms with Gasteiger partial charge in [0.1, 0.15) is 0 Å². The molecule has 0 aromatic heterocycles. The molecule has 0 saturated carbocycles. The minimum Gasteiger partial charge on any atom is -0.399 e. The number of likely N-dealkylation sites (N-methyl/N-ethyl adjacent to an activating group) is 1. The second-order valence-corrected chi connectivity index (χ2v) is 5.65. The van der Waals surface area contributed by atoms with Crippen LogP contribution in [0.15, 0.2) is 18.2 Å². The minimum atomic E-state index is 0.00963. The fourth-order valence-corrected chi connectivity index (χ4v) is 2.13. The Morgan fingerprint density at radius 3 is 2.62 bits per heavy atom. The van der Waals surface area contributed by atoms with Crippen molar-refractivity contribution < 1.29 is 4.79 Å². The number of amides is 1. The van der Waals surface area contributed by atoms with Gasteiger partial charge < -0.3 is 16.0 Å². The maximum absolute atomic E-state index is 12.1. The Balaban J connectivity index is 2.49. The lowest BCUT2D eigenvalue weighted by Gasteiger charge is -2.21. The van der Waals surface area contributed by atoms with E-state index in [9.17, 15) is 4.79 Å². The third-order valence-corrected chi connectivity index (χ3v) is 3.43. The molecule has 0 heterocycles. The first kappa shape index (κ1) is 17.5. The Morgan fingerprint density at radius 2 is 2.00 bits per heavy atom. The van der Waals surface area contributed by atoms with E-state index in [1.807, 2.05) is 19.1 Å². The van der Waals surface area contributed by atoms with Crippen LogP contribution < -0.4 is 11.1 Å². The Bertz CT molecular complexity index is 460. The average Bonchev–Trinajstić information content (AvgIpc) is 2.41. The second kappa shape index (κ2) is 8.64. The molecule has 0 atom stereocenters. The van der Waals surface area contributed by atoms with Gasteiger partial charge in [0.2, 0.25) is 5.91 Å². The maximum Gasteiger partial charge on any atom is 0.238 e. The standard InChI is InChI=1S/C16H28N4O/c1-5-20(10-6-9-19(3)4)12-16(21)18-15-11-14(17)8-7-13(15)2/h7-8,11H,5-6,9-10,12,17H2,1-4H3,(H,18,21). The molecule has 0 bridgehead atoms. The molecule has 0 fully saturated rings. The fourth-order valence-electron chi connectivity index (χ4n) is 2.13. The van der Waals surface area contributed by atoms with E-state index in [0.717, 1.165) is 37.3 Å². The number of nitrogens with one attached hydrogen (secondary N) is 1. The summed E-state index contributed by atoms with van der Waals surface area (Å²) in [6, 6.07) is 5.56. The molecule has 21 heavy (non-hydrogen) atoms. The molecule has 1 aromatic carbocycles. The minimum absolute atomic E-state index is 0.00963. The monoisotopic (exact) mass is 292 g/mol. The van der Waals surface area contributed by atoms with Gasteiger partial charge >= 0.3 is 0 Å². The number of hydrogen-bond acceptors (Lipinski definition) is 4. The predicted molar refractivity (Wildman–Crippen MR) is 89.5 cm³/mol. The summed E-state index contributed by atoms with van der Waals surface area (Å²) in [5, 5.41) is 2.94. The lowest BCUT2D eigenvalue weighted by atomic mass is 10.2. The molecular formula is C16H28N4O. The SMILES string of the molecule is CCN(CCCN(C)C)CC(=O)Nc1cc(N)ccc1C. The summed E-state index contributed by atoms with van der Waals surface area (Å²) < 4.78 is 0. The molecule has 1 aromatic rings. The first-order valence-corrected chi connectivity index (χ1v) is 7.45. The zero-order valence-corrected chi connectivity index (χ0v) is 13.6. The van der Waals surface area contributed by atoms with Crippen molar-refractivity contribution in [3.05, 3.63) is 23.8 Å². The van der Waals surface area contributed by atoms with E-state index in [0.29, 0.717) is 12.2 Å². The zero-order valence-electron chi connectivity index (χ0n) is 13.6. The number of nitrogens with two attached hydrogens (primary N) is 1. The lowest BCUT2D eigenvalue weighted by Crippen LogP contribution is -2.35. The normalized spacial score (nSPS) is 11.1. The van der Waals surface area contributed by atoms with Crippen molar-refractivity contribution in [3.8, 4) is 0 Å². The number of carbonyl (C=O) groups is 1. The van der Waals surface area contributed by atoms with Crippen LogP contribution in [-0.4, -0.2) is 56.0 Å². The summed E-state index contributed by atoms with van der Waals surface area (Å²) in [7, 11) is 4.12. The first-order valence-electron chi connectivity index (χ1n) is 7.45. The van der Waals surface area contributed by atoms with E-state index in [1.165, 1.54) is 0 Å². The van der Waals surface area contributed by atoms with Crippen LogP contribution in [0.1, 0.15) is 18.9 Å². The molecule has 1 rings (SSSR count). The van der Waals surface area contributed by atoms with Gasteiger partial charge in [0.25, 0.3) is 0 Å². The quantitative estimate of drug-likeness (QED) is 0.717. The van der Waals surface area contributed by atoms with Crippen molar-refractivity contribution >= 4 is 17.3 Å². The van der Waals surface area contributed by atoms with Crippen LogP contribution in [0.4, 0.5) is 11.4 Å². The molecule has 0 radical (unpaired) electrons. The molecule has 0 unspecified atom stereocenters. The highest BCUT2D eigenvalue weighted by atomic mass is 16.2. The summed E-state index contributed by atoms with van der Waals surface area (Å²) in [4.78, 5) is 16.4. The number of rotatable bonds is 8. The molecule has 5 heteroatoms. The summed E-state index contributed by atoms with van der Waals surface area (Å²) in [6.07, 6.45) is 1.06. The van der Waals surface area contributed by atoms with Crippen molar-refractivity contribution in [2.24, 2.45) is 0 Å². The number of aryl methyl sites for hydroxylation is 1. The van der Waals surface area contributed by atoms with Crippen molar-refractivity contribution in [3.63, 3.8) is 0 Å². The summed E-state index contributed by atoms with van der Waals surface area (Å²) >= 11 is 0. The lowest BCUT2D eigenvalue weighted by molar-refractivity contribution is -0.117. The van der Waals surface area contributed by atoms with Crippen LogP contribution in [0.3, 0.4) is 0 Å². The molecule has 5 nitrogen and oxygen atoms in total. The molecule has 0 spiro atoms. The van der Waals surface area contributed by atoms with E-state index in [4.69, 9.17) is 5.73 Å². The van der Waals surface area contributed by atoms with Crippen LogP contribution >= 0.6 is 0 Å². The molecule has 0 aliphatic heterocycles. The van der Waals surface area contributed by atoms with Crippen LogP contribution in [-0.2, 0) is 4.79 Å². The summed E-state index contributed by atoms with van der Waals surface area (Å²) in [6.45, 7) is 7.29. The second-order valence-electron chi connectivity index (χ2n) is 5.65. The fraction of sp³-hybridized carbons (Fsp3) is 0.562. The van der Waals surface area contributed by atoms with Gasteiger partial charge in [-0.15, -0.1) is 0 Å². The largest absolute Gasteiger partial charge is 0.399 e. The highest BCUT2D eigenvalue weighted by Crippen LogP contribution is 2.17. The van der Waals surface area contributed by atoms with Crippen molar-refractivity contribution in [1.29, 1.82) is 0 Å². The maximum atomic E-state index is 12.1. The number of anilines is 2. The molecule has 118 valence electrons. The van der Waals surface area contributed by atoms with Crippen LogP contribution in [0, 0.1) is 6.92 Å². The summed E-state index contributed by atoms with van der Waals surface area (Å²) in [5.74, 6) is 0.00963. The van der Waals surface area contributed by atoms with Gasteiger partial charge in [-0.1, -0.05) is 13.0 Å². The predicted octanol–water partition coefficient (Wildman–Crippen LogP) is 1.79. The van der Waals surface area contributed by atoms with E-state index < -0.39 is 0 Å². The molecule has 3 N–H and O–H groups in total. The van der Waals surface area contributed by atoms with Crippen LogP contribution in [0.25, 0.3) is 0 Å². The number of hydrogen-bond donors (Lipinski definition) is 2. The average molecular weight is 292 g/mol. The van der Waals surface area contributed by atoms with E-state index >= 15 is 0 Å². The van der Waals surface area contributed by atoms with E-state index in [2.05, 4.69) is 36.1 Å². The van der Waals surface area contributed by atoms with Crippen LogP contribution in [0.2, 0.25) is 0 Å².